The summed E-state index contributed by atoms with van der Waals surface area (Å²) in [4.78, 5) is 13.6. The number of allylic oxidation sites excluding steroid dienone is 4. The summed E-state index contributed by atoms with van der Waals surface area (Å²) < 4.78 is 0. The summed E-state index contributed by atoms with van der Waals surface area (Å²) in [7, 11) is 0. The zero-order chi connectivity index (χ0) is 15.9. The van der Waals surface area contributed by atoms with Gasteiger partial charge in [-0.2, -0.15) is 5.26 Å². The average Bonchev–Trinajstić information content (AvgIpc) is 3.00. The van der Waals surface area contributed by atoms with Crippen LogP contribution in [0, 0.1) is 11.3 Å². The molecule has 0 saturated heterocycles. The standard InChI is InChI=1S/C19H26N2O/c20-16-12-10-8-6-4-2-1-3-5-7-9-11-13-18-14-15-19(17-22)21-18/h2-5,14-15,17,21H,1,6-13H2. The first kappa shape index (κ1) is 18.0. The predicted molar refractivity (Wildman–Crippen MR) is 90.7 cm³/mol. The van der Waals surface area contributed by atoms with Crippen LogP contribution in [0.4, 0.5) is 0 Å². The molecule has 22 heavy (non-hydrogen) atoms. The third kappa shape index (κ3) is 8.97. The van der Waals surface area contributed by atoms with E-state index in [4.69, 9.17) is 5.26 Å². The second-order valence-electron chi connectivity index (χ2n) is 5.38. The van der Waals surface area contributed by atoms with Crippen molar-refractivity contribution >= 4 is 6.29 Å². The molecule has 0 aliphatic rings. The number of aryl methyl sites for hydroxylation is 1. The van der Waals surface area contributed by atoms with Gasteiger partial charge in [-0.15, -0.1) is 0 Å². The Bertz CT molecular complexity index is 506. The molecule has 0 bridgehead atoms. The fourth-order valence-corrected chi connectivity index (χ4v) is 2.22. The summed E-state index contributed by atoms with van der Waals surface area (Å²) in [5.74, 6) is 0. The fraction of sp³-hybridized carbons (Fsp3) is 0.474. The van der Waals surface area contributed by atoms with Crippen LogP contribution in [0.3, 0.4) is 0 Å². The van der Waals surface area contributed by atoms with E-state index in [-0.39, 0.29) is 0 Å². The van der Waals surface area contributed by atoms with Gasteiger partial charge in [0, 0.05) is 12.1 Å². The molecule has 0 spiro atoms. The summed E-state index contributed by atoms with van der Waals surface area (Å²) in [6, 6.07) is 5.98. The lowest BCUT2D eigenvalue weighted by atomic mass is 10.1. The lowest BCUT2D eigenvalue weighted by Gasteiger charge is -1.96. The van der Waals surface area contributed by atoms with E-state index in [1.807, 2.05) is 12.1 Å². The Hall–Kier alpha value is -2.08. The number of aromatic nitrogens is 1. The number of carbonyl (C=O) groups excluding carboxylic acids is 1. The molecule has 1 heterocycles. The fourth-order valence-electron chi connectivity index (χ4n) is 2.22. The number of nitrogens with zero attached hydrogens (tertiary/aromatic N) is 1. The van der Waals surface area contributed by atoms with Crippen molar-refractivity contribution in [1.29, 1.82) is 5.26 Å². The molecule has 0 aromatic carbocycles. The van der Waals surface area contributed by atoms with E-state index in [9.17, 15) is 4.79 Å². The van der Waals surface area contributed by atoms with Crippen LogP contribution in [0.5, 0.6) is 0 Å². The Morgan fingerprint density at radius 2 is 1.73 bits per heavy atom. The summed E-state index contributed by atoms with van der Waals surface area (Å²) in [5, 5.41) is 8.41. The normalized spacial score (nSPS) is 11.2. The Morgan fingerprint density at radius 3 is 2.36 bits per heavy atom. The van der Waals surface area contributed by atoms with Gasteiger partial charge < -0.3 is 4.98 Å². The highest BCUT2D eigenvalue weighted by atomic mass is 16.1. The van der Waals surface area contributed by atoms with E-state index >= 15 is 0 Å². The molecule has 3 heteroatoms. The van der Waals surface area contributed by atoms with E-state index in [2.05, 4.69) is 35.4 Å². The van der Waals surface area contributed by atoms with Crippen LogP contribution < -0.4 is 0 Å². The van der Waals surface area contributed by atoms with Gasteiger partial charge in [-0.3, -0.25) is 4.79 Å². The van der Waals surface area contributed by atoms with Crippen molar-refractivity contribution in [1.82, 2.24) is 4.98 Å². The predicted octanol–water partition coefficient (Wildman–Crippen LogP) is 5.13. The minimum atomic E-state index is 0.661. The van der Waals surface area contributed by atoms with Gasteiger partial charge in [-0.05, 0) is 63.5 Å². The zero-order valence-electron chi connectivity index (χ0n) is 13.3. The molecule has 0 radical (unpaired) electrons. The van der Waals surface area contributed by atoms with Gasteiger partial charge in [-0.1, -0.05) is 24.3 Å². The largest absolute Gasteiger partial charge is 0.356 e. The second kappa shape index (κ2) is 12.6. The van der Waals surface area contributed by atoms with Gasteiger partial charge in [0.25, 0.3) is 0 Å². The number of H-pyrrole nitrogens is 1. The number of aldehydes is 1. The van der Waals surface area contributed by atoms with Crippen LogP contribution in [-0.2, 0) is 6.42 Å². The molecule has 0 aliphatic heterocycles. The minimum Gasteiger partial charge on any atom is -0.356 e. The van der Waals surface area contributed by atoms with E-state index < -0.39 is 0 Å². The first-order valence-electron chi connectivity index (χ1n) is 8.17. The molecular formula is C19H26N2O. The summed E-state index contributed by atoms with van der Waals surface area (Å²) in [5.41, 5.74) is 1.81. The average molecular weight is 298 g/mol. The topological polar surface area (TPSA) is 56.6 Å². The maximum atomic E-state index is 10.6. The van der Waals surface area contributed by atoms with E-state index in [0.717, 1.165) is 56.9 Å². The van der Waals surface area contributed by atoms with Gasteiger partial charge in [0.1, 0.15) is 0 Å². The van der Waals surface area contributed by atoms with Gasteiger partial charge in [-0.25, -0.2) is 0 Å². The number of hydrogen-bond acceptors (Lipinski definition) is 2. The molecule has 0 atom stereocenters. The number of nitriles is 1. The first-order chi connectivity index (χ1) is 10.9. The molecule has 1 aromatic rings. The van der Waals surface area contributed by atoms with Crippen LogP contribution in [-0.4, -0.2) is 11.3 Å². The summed E-state index contributed by atoms with van der Waals surface area (Å²) in [6.07, 6.45) is 19.0. The maximum absolute atomic E-state index is 10.6. The molecule has 118 valence electrons. The van der Waals surface area contributed by atoms with E-state index in [0.29, 0.717) is 12.1 Å². The third-order valence-corrected chi connectivity index (χ3v) is 3.48. The second-order valence-corrected chi connectivity index (χ2v) is 5.38. The number of unbranched alkanes of at least 4 members (excludes halogenated alkanes) is 5. The Labute approximate surface area is 133 Å². The van der Waals surface area contributed by atoms with Crippen LogP contribution >= 0.6 is 0 Å². The van der Waals surface area contributed by atoms with Crippen LogP contribution in [0.1, 0.15) is 67.5 Å². The highest BCUT2D eigenvalue weighted by molar-refractivity contribution is 5.71. The van der Waals surface area contributed by atoms with Gasteiger partial charge in [0.05, 0.1) is 11.8 Å². The monoisotopic (exact) mass is 298 g/mol. The highest BCUT2D eigenvalue weighted by Crippen LogP contribution is 2.07. The smallest absolute Gasteiger partial charge is 0.166 e. The molecule has 3 nitrogen and oxygen atoms in total. The van der Waals surface area contributed by atoms with Crippen molar-refractivity contribution in [3.05, 3.63) is 47.8 Å². The van der Waals surface area contributed by atoms with E-state index in [1.165, 1.54) is 6.42 Å². The molecule has 0 saturated carbocycles. The number of aromatic amines is 1. The van der Waals surface area contributed by atoms with Gasteiger partial charge >= 0.3 is 0 Å². The zero-order valence-corrected chi connectivity index (χ0v) is 13.3. The van der Waals surface area contributed by atoms with Crippen molar-refractivity contribution in [2.24, 2.45) is 0 Å². The highest BCUT2D eigenvalue weighted by Gasteiger charge is 1.96. The molecule has 1 N–H and O–H groups in total. The lowest BCUT2D eigenvalue weighted by Crippen LogP contribution is -1.86. The number of carbonyl (C=O) groups is 1. The molecular weight excluding hydrogens is 272 g/mol. The summed E-state index contributed by atoms with van der Waals surface area (Å²) >= 11 is 0. The third-order valence-electron chi connectivity index (χ3n) is 3.48. The van der Waals surface area contributed by atoms with Crippen LogP contribution in [0.15, 0.2) is 36.4 Å². The van der Waals surface area contributed by atoms with Crippen molar-refractivity contribution in [3.63, 3.8) is 0 Å². The Kier molecular flexibility index (Phi) is 10.3. The number of hydrogen-bond donors (Lipinski definition) is 1. The minimum absolute atomic E-state index is 0.661. The molecule has 0 aliphatic carbocycles. The van der Waals surface area contributed by atoms with Crippen molar-refractivity contribution in [2.45, 2.75) is 57.8 Å². The van der Waals surface area contributed by atoms with Crippen molar-refractivity contribution in [3.8, 4) is 6.07 Å². The van der Waals surface area contributed by atoms with Crippen molar-refractivity contribution < 1.29 is 4.79 Å². The molecule has 0 fully saturated rings. The maximum Gasteiger partial charge on any atom is 0.166 e. The lowest BCUT2D eigenvalue weighted by molar-refractivity contribution is 0.111. The molecule has 1 aromatic heterocycles. The SMILES string of the molecule is N#CCCCCC=CCC=CCCCCc1ccc(C=O)[nH]1. The Morgan fingerprint density at radius 1 is 1.00 bits per heavy atom. The first-order valence-corrected chi connectivity index (χ1v) is 8.17. The van der Waals surface area contributed by atoms with Crippen LogP contribution in [0.2, 0.25) is 0 Å². The summed E-state index contributed by atoms with van der Waals surface area (Å²) in [6.45, 7) is 0. The number of nitrogens with one attached hydrogen (secondary N) is 1. The van der Waals surface area contributed by atoms with E-state index in [1.54, 1.807) is 0 Å². The molecule has 0 amide bonds. The van der Waals surface area contributed by atoms with Crippen molar-refractivity contribution in [2.75, 3.05) is 0 Å². The Balaban J connectivity index is 1.94. The molecule has 1 rings (SSSR count). The van der Waals surface area contributed by atoms with Gasteiger partial charge in [0.15, 0.2) is 6.29 Å². The number of rotatable bonds is 12. The van der Waals surface area contributed by atoms with Gasteiger partial charge in [0.2, 0.25) is 0 Å². The molecule has 0 unspecified atom stereocenters. The van der Waals surface area contributed by atoms with Crippen LogP contribution in [0.25, 0.3) is 0 Å². The quantitative estimate of drug-likeness (QED) is 0.330.